The summed E-state index contributed by atoms with van der Waals surface area (Å²) >= 11 is 8.42. The maximum atomic E-state index is 12.7. The quantitative estimate of drug-likeness (QED) is 0.588. The summed E-state index contributed by atoms with van der Waals surface area (Å²) in [6, 6.07) is 8.86. The van der Waals surface area contributed by atoms with E-state index in [0.717, 1.165) is 27.3 Å². The van der Waals surface area contributed by atoms with Crippen LogP contribution in [0.25, 0.3) is 10.2 Å². The molecule has 3 aromatic rings. The monoisotopic (exact) mass is 444 g/mol. The first-order chi connectivity index (χ1) is 13.0. The molecule has 1 aromatic carbocycles. The zero-order valence-corrected chi connectivity index (χ0v) is 17.6. The van der Waals surface area contributed by atoms with Gasteiger partial charge in [-0.1, -0.05) is 22.9 Å². The average molecular weight is 445 g/mol. The van der Waals surface area contributed by atoms with Crippen molar-refractivity contribution in [1.29, 1.82) is 0 Å². The first-order valence-corrected chi connectivity index (χ1v) is 11.8. The predicted octanol–water partition coefficient (Wildman–Crippen LogP) is 4.25. The van der Waals surface area contributed by atoms with Crippen LogP contribution in [0, 0.1) is 0 Å². The number of ether oxygens (including phenoxy) is 2. The van der Waals surface area contributed by atoms with E-state index in [0.29, 0.717) is 35.5 Å². The molecule has 144 valence electrons. The summed E-state index contributed by atoms with van der Waals surface area (Å²) in [5.41, 5.74) is 0.866. The lowest BCUT2D eigenvalue weighted by Gasteiger charge is -2.30. The molecule has 0 spiro atoms. The van der Waals surface area contributed by atoms with Crippen molar-refractivity contribution in [2.45, 2.75) is 23.2 Å². The molecule has 0 unspecified atom stereocenters. The molecule has 1 aliphatic rings. The molecule has 10 heteroatoms. The predicted molar refractivity (Wildman–Crippen MR) is 108 cm³/mol. The Balaban J connectivity index is 1.41. The van der Waals surface area contributed by atoms with Gasteiger partial charge in [-0.2, -0.15) is 4.31 Å². The van der Waals surface area contributed by atoms with E-state index < -0.39 is 10.0 Å². The Bertz CT molecular complexity index is 1060. The molecule has 0 atom stereocenters. The number of fused-ring (bicyclic) bond motifs is 1. The number of hydrogen-bond acceptors (Lipinski definition) is 7. The van der Waals surface area contributed by atoms with E-state index in [4.69, 9.17) is 21.1 Å². The molecule has 4 rings (SSSR count). The Morgan fingerprint density at radius 1 is 1.19 bits per heavy atom. The molecule has 0 amide bonds. The number of halogens is 1. The number of methoxy groups -OCH3 is 1. The second-order valence-corrected chi connectivity index (χ2v) is 11.0. The summed E-state index contributed by atoms with van der Waals surface area (Å²) < 4.78 is 39.8. The fraction of sp³-hybridized carbons (Fsp3) is 0.353. The van der Waals surface area contributed by atoms with Crippen molar-refractivity contribution in [1.82, 2.24) is 9.29 Å². The minimum atomic E-state index is -3.48. The highest BCUT2D eigenvalue weighted by molar-refractivity contribution is 7.91. The minimum Gasteiger partial charge on any atom is -0.497 e. The molecule has 1 saturated heterocycles. The van der Waals surface area contributed by atoms with E-state index in [2.05, 4.69) is 4.98 Å². The molecule has 6 nitrogen and oxygen atoms in total. The number of thiophene rings is 1. The van der Waals surface area contributed by atoms with Gasteiger partial charge in [-0.25, -0.2) is 13.4 Å². The van der Waals surface area contributed by atoms with Crippen LogP contribution in [0.3, 0.4) is 0 Å². The Morgan fingerprint density at radius 2 is 1.96 bits per heavy atom. The Labute approximate surface area is 170 Å². The van der Waals surface area contributed by atoms with E-state index >= 15 is 0 Å². The third kappa shape index (κ3) is 3.93. The summed E-state index contributed by atoms with van der Waals surface area (Å²) in [6.07, 6.45) is 1.20. The molecule has 0 radical (unpaired) electrons. The molecular formula is C17H17ClN2O4S3. The smallest absolute Gasteiger partial charge is 0.274 e. The Kier molecular flexibility index (Phi) is 5.30. The first kappa shape index (κ1) is 18.9. The van der Waals surface area contributed by atoms with Gasteiger partial charge in [0.1, 0.15) is 16.1 Å². The zero-order valence-electron chi connectivity index (χ0n) is 14.4. The van der Waals surface area contributed by atoms with Crippen LogP contribution in [0.4, 0.5) is 0 Å². The van der Waals surface area contributed by atoms with Crippen LogP contribution in [0.5, 0.6) is 10.9 Å². The second kappa shape index (κ2) is 7.56. The van der Waals surface area contributed by atoms with Crippen LogP contribution in [0.15, 0.2) is 34.5 Å². The van der Waals surface area contributed by atoms with Crippen LogP contribution in [-0.2, 0) is 10.0 Å². The zero-order chi connectivity index (χ0) is 19.0. The normalized spacial score (nSPS) is 16.7. The topological polar surface area (TPSA) is 68.7 Å². The van der Waals surface area contributed by atoms with Gasteiger partial charge >= 0.3 is 0 Å². The molecule has 3 heterocycles. The van der Waals surface area contributed by atoms with Gasteiger partial charge < -0.3 is 9.47 Å². The van der Waals surface area contributed by atoms with Crippen molar-refractivity contribution in [3.8, 4) is 10.9 Å². The molecule has 0 aliphatic carbocycles. The highest BCUT2D eigenvalue weighted by Gasteiger charge is 2.31. The molecule has 0 bridgehead atoms. The maximum absolute atomic E-state index is 12.7. The van der Waals surface area contributed by atoms with Crippen molar-refractivity contribution in [2.24, 2.45) is 0 Å². The van der Waals surface area contributed by atoms with Gasteiger partial charge in [0, 0.05) is 13.1 Å². The van der Waals surface area contributed by atoms with Crippen molar-refractivity contribution in [2.75, 3.05) is 20.2 Å². The van der Waals surface area contributed by atoms with Crippen molar-refractivity contribution in [3.63, 3.8) is 0 Å². The summed E-state index contributed by atoms with van der Waals surface area (Å²) in [5.74, 6) is 0.782. The van der Waals surface area contributed by atoms with Gasteiger partial charge in [0.25, 0.3) is 15.2 Å². The SMILES string of the molecule is COc1ccc2nc(OC3CCN(S(=O)(=O)c4ccc(Cl)s4)CC3)sc2c1. The van der Waals surface area contributed by atoms with Gasteiger partial charge in [0.2, 0.25) is 0 Å². The number of aromatic nitrogens is 1. The number of piperidine rings is 1. The van der Waals surface area contributed by atoms with Crippen LogP contribution in [-0.4, -0.2) is 44.0 Å². The maximum Gasteiger partial charge on any atom is 0.274 e. The summed E-state index contributed by atoms with van der Waals surface area (Å²) in [5, 5.41) is 0.601. The number of hydrogen-bond donors (Lipinski definition) is 0. The van der Waals surface area contributed by atoms with Crippen LogP contribution < -0.4 is 9.47 Å². The highest BCUT2D eigenvalue weighted by Crippen LogP contribution is 2.33. The number of benzene rings is 1. The van der Waals surface area contributed by atoms with E-state index in [1.54, 1.807) is 19.2 Å². The number of nitrogens with zero attached hydrogens (tertiary/aromatic N) is 2. The summed E-state index contributed by atoms with van der Waals surface area (Å²) in [4.78, 5) is 4.50. The first-order valence-electron chi connectivity index (χ1n) is 8.32. The molecule has 27 heavy (non-hydrogen) atoms. The molecule has 0 saturated carbocycles. The van der Waals surface area contributed by atoms with E-state index in [1.807, 2.05) is 18.2 Å². The standard InChI is InChI=1S/C17H17ClN2O4S3/c1-23-12-2-3-13-14(10-12)25-17(19-13)24-11-6-8-20(9-7-11)27(21,22)16-5-4-15(18)26-16/h2-5,10-11H,6-9H2,1H3. The number of thiazole rings is 1. The number of sulfonamides is 1. The average Bonchev–Trinajstić information content (AvgIpc) is 3.27. The highest BCUT2D eigenvalue weighted by atomic mass is 35.5. The van der Waals surface area contributed by atoms with Gasteiger partial charge in [-0.05, 0) is 43.2 Å². The van der Waals surface area contributed by atoms with E-state index in [1.165, 1.54) is 15.6 Å². The molecule has 1 aliphatic heterocycles. The summed E-state index contributed by atoms with van der Waals surface area (Å²) in [7, 11) is -1.85. The van der Waals surface area contributed by atoms with E-state index in [9.17, 15) is 8.42 Å². The van der Waals surface area contributed by atoms with Gasteiger partial charge in [0.15, 0.2) is 0 Å². The third-order valence-corrected chi connectivity index (χ3v) is 8.89. The second-order valence-electron chi connectivity index (χ2n) is 6.09. The van der Waals surface area contributed by atoms with E-state index in [-0.39, 0.29) is 10.3 Å². The third-order valence-electron chi connectivity index (χ3n) is 4.39. The molecule has 2 aromatic heterocycles. The largest absolute Gasteiger partial charge is 0.497 e. The van der Waals surface area contributed by atoms with Crippen molar-refractivity contribution in [3.05, 3.63) is 34.7 Å². The fourth-order valence-corrected chi connectivity index (χ4v) is 6.97. The molecule has 0 N–H and O–H groups in total. The lowest BCUT2D eigenvalue weighted by atomic mass is 10.1. The van der Waals surface area contributed by atoms with Crippen molar-refractivity contribution < 1.29 is 17.9 Å². The van der Waals surface area contributed by atoms with Gasteiger partial charge in [-0.3, -0.25) is 0 Å². The van der Waals surface area contributed by atoms with Crippen LogP contribution >= 0.6 is 34.3 Å². The summed E-state index contributed by atoms with van der Waals surface area (Å²) in [6.45, 7) is 0.836. The van der Waals surface area contributed by atoms with Crippen LogP contribution in [0.2, 0.25) is 4.34 Å². The molecular weight excluding hydrogens is 428 g/mol. The number of rotatable bonds is 5. The lowest BCUT2D eigenvalue weighted by Crippen LogP contribution is -2.41. The van der Waals surface area contributed by atoms with Crippen molar-refractivity contribution >= 4 is 54.5 Å². The lowest BCUT2D eigenvalue weighted by molar-refractivity contribution is 0.135. The molecule has 1 fully saturated rings. The minimum absolute atomic E-state index is 0.0502. The fourth-order valence-electron chi connectivity index (χ4n) is 2.96. The van der Waals surface area contributed by atoms with Gasteiger partial charge in [-0.15, -0.1) is 11.3 Å². The van der Waals surface area contributed by atoms with Crippen LogP contribution in [0.1, 0.15) is 12.8 Å². The van der Waals surface area contributed by atoms with Gasteiger partial charge in [0.05, 0.1) is 21.7 Å². The Hall–Kier alpha value is -1.39. The Morgan fingerprint density at radius 3 is 2.63 bits per heavy atom.